The largest absolute Gasteiger partial charge is 0.481 e. The zero-order valence-corrected chi connectivity index (χ0v) is 26.7. The number of alkyl halides is 3. The molecule has 4 aromatic rings. The Bertz CT molecular complexity index is 1860. The minimum Gasteiger partial charge on any atom is -0.481 e. The maximum Gasteiger partial charge on any atom is 0.429 e. The number of ether oxygens (including phenoxy) is 1. The lowest BCUT2D eigenvalue weighted by atomic mass is 9.76. The second-order valence-electron chi connectivity index (χ2n) is 12.7. The number of carboxylic acids is 2. The van der Waals surface area contributed by atoms with Crippen LogP contribution >= 0.6 is 0 Å². The quantitative estimate of drug-likeness (QED) is 0.179. The number of carboxylic acid groups (broad SMARTS) is 2. The summed E-state index contributed by atoms with van der Waals surface area (Å²) >= 11 is 0. The van der Waals surface area contributed by atoms with Gasteiger partial charge in [0.1, 0.15) is 11.9 Å². The third-order valence-electron chi connectivity index (χ3n) is 9.22. The number of nitrogens with zero attached hydrogens (tertiary/aromatic N) is 5. The van der Waals surface area contributed by atoms with Gasteiger partial charge in [0.15, 0.2) is 0 Å². The van der Waals surface area contributed by atoms with Gasteiger partial charge in [-0.1, -0.05) is 30.3 Å². The normalized spacial score (nSPS) is 18.0. The molecule has 0 amide bonds. The molecular weight excluding hydrogens is 643 g/mol. The number of nitrogen functional groups attached to an aromatic ring is 1. The second-order valence-corrected chi connectivity index (χ2v) is 12.7. The van der Waals surface area contributed by atoms with E-state index < -0.39 is 30.3 Å². The maximum absolute atomic E-state index is 15.0. The van der Waals surface area contributed by atoms with E-state index >= 15 is 13.2 Å². The highest BCUT2D eigenvalue weighted by molar-refractivity contribution is 5.74. The lowest BCUT2D eigenvalue weighted by Gasteiger charge is -2.39. The van der Waals surface area contributed by atoms with Gasteiger partial charge in [-0.05, 0) is 72.9 Å². The number of anilines is 2. The monoisotopic (exact) mass is 679 g/mol. The Hall–Kier alpha value is -5.18. The number of hydrogen-bond donors (Lipinski definition) is 4. The molecule has 1 spiro atoms. The summed E-state index contributed by atoms with van der Waals surface area (Å²) in [6, 6.07) is 14.0. The lowest BCUT2D eigenvalue weighted by molar-refractivity contribution is -0.198. The van der Waals surface area contributed by atoms with Gasteiger partial charge >= 0.3 is 18.1 Å². The van der Waals surface area contributed by atoms with Crippen LogP contribution in [0.4, 0.5) is 24.9 Å². The molecule has 2 aromatic heterocycles. The molecule has 6 rings (SSSR count). The molecule has 0 unspecified atom stereocenters. The Morgan fingerprint density at radius 1 is 1.08 bits per heavy atom. The SMILES string of the molecule is Cc1ccn(-c2ccc(-c3cccc(CCC(=O)O)c3)cc2[C@@H](Oc2cc(N3CCC4(CC3)CN[C@H](C(=O)O)C4)nc(N)n2)C(F)(F)F)n1. The van der Waals surface area contributed by atoms with Crippen molar-refractivity contribution in [3.8, 4) is 22.7 Å². The summed E-state index contributed by atoms with van der Waals surface area (Å²) in [5.74, 6) is -2.13. The van der Waals surface area contributed by atoms with E-state index in [1.165, 1.54) is 16.8 Å². The molecule has 12 nitrogen and oxygen atoms in total. The minimum absolute atomic E-state index is 0.0823. The Balaban J connectivity index is 1.32. The number of aromatic nitrogens is 4. The molecule has 2 atom stereocenters. The first-order chi connectivity index (χ1) is 23.3. The Labute approximate surface area is 279 Å². The third kappa shape index (κ3) is 7.61. The molecule has 2 saturated heterocycles. The molecule has 2 aliphatic rings. The molecule has 258 valence electrons. The van der Waals surface area contributed by atoms with E-state index in [1.807, 2.05) is 4.90 Å². The standard InChI is InChI=1S/C34H36F3N7O5/c1-20-9-12-44(42-20)26-7-6-23(22-4-2-3-21(15-22)5-8-29(45)46)16-24(26)30(34(35,36)37)49-28-17-27(40-32(38)41-28)43-13-10-33(11-14-43)18-25(31(47)48)39-19-33/h2-4,6-7,9,12,15-17,25,30,39H,5,8,10-11,13-14,18-19H2,1H3,(H,45,46)(H,47,48)(H2,38,40,41)/t25-,30+/m0/s1. The summed E-state index contributed by atoms with van der Waals surface area (Å²) < 4.78 is 52.2. The first-order valence-electron chi connectivity index (χ1n) is 15.9. The third-order valence-corrected chi connectivity index (χ3v) is 9.22. The summed E-state index contributed by atoms with van der Waals surface area (Å²) in [4.78, 5) is 32.8. The van der Waals surface area contributed by atoms with Gasteiger partial charge in [0, 0.05) is 43.9 Å². The van der Waals surface area contributed by atoms with Crippen molar-refractivity contribution in [2.75, 3.05) is 30.3 Å². The van der Waals surface area contributed by atoms with E-state index in [1.54, 1.807) is 55.6 Å². The van der Waals surface area contributed by atoms with Crippen molar-refractivity contribution in [3.63, 3.8) is 0 Å². The number of halogens is 3. The van der Waals surface area contributed by atoms with Crippen molar-refractivity contribution in [1.29, 1.82) is 0 Å². The average Bonchev–Trinajstić information content (AvgIpc) is 3.68. The average molecular weight is 680 g/mol. The molecule has 5 N–H and O–H groups in total. The smallest absolute Gasteiger partial charge is 0.429 e. The summed E-state index contributed by atoms with van der Waals surface area (Å²) in [6.07, 6.45) is -3.77. The van der Waals surface area contributed by atoms with Crippen LogP contribution in [0, 0.1) is 12.3 Å². The van der Waals surface area contributed by atoms with Gasteiger partial charge in [0.05, 0.1) is 11.4 Å². The Morgan fingerprint density at radius 3 is 2.49 bits per heavy atom. The second kappa shape index (κ2) is 13.4. The molecule has 0 aliphatic carbocycles. The molecular formula is C34H36F3N7O5. The van der Waals surface area contributed by atoms with Crippen LogP contribution in [0.15, 0.2) is 60.8 Å². The van der Waals surface area contributed by atoms with Crippen LogP contribution in [0.2, 0.25) is 0 Å². The summed E-state index contributed by atoms with van der Waals surface area (Å²) in [6.45, 7) is 3.31. The highest BCUT2D eigenvalue weighted by Gasteiger charge is 2.46. The van der Waals surface area contributed by atoms with E-state index in [2.05, 4.69) is 20.4 Å². The maximum atomic E-state index is 15.0. The van der Waals surface area contributed by atoms with Gasteiger partial charge in [-0.15, -0.1) is 0 Å². The van der Waals surface area contributed by atoms with Gasteiger partial charge in [-0.25, -0.2) is 4.68 Å². The van der Waals surface area contributed by atoms with Crippen LogP contribution < -0.4 is 20.7 Å². The lowest BCUT2D eigenvalue weighted by Crippen LogP contribution is -2.41. The molecule has 2 aromatic carbocycles. The number of piperidine rings is 1. The molecule has 15 heteroatoms. The fourth-order valence-corrected chi connectivity index (χ4v) is 6.62. The van der Waals surface area contributed by atoms with Gasteiger partial charge in [-0.3, -0.25) is 9.59 Å². The number of nitrogens with two attached hydrogens (primary N) is 1. The molecule has 0 bridgehead atoms. The summed E-state index contributed by atoms with van der Waals surface area (Å²) in [5, 5.41) is 25.9. The summed E-state index contributed by atoms with van der Waals surface area (Å²) in [5.41, 5.74) is 8.16. The number of aliphatic carboxylic acids is 2. The zero-order chi connectivity index (χ0) is 34.9. The number of nitrogens with one attached hydrogen (secondary N) is 1. The van der Waals surface area contributed by atoms with E-state index in [0.29, 0.717) is 61.5 Å². The number of benzene rings is 2. The molecule has 4 heterocycles. The molecule has 49 heavy (non-hydrogen) atoms. The van der Waals surface area contributed by atoms with Crippen LogP contribution in [0.3, 0.4) is 0 Å². The van der Waals surface area contributed by atoms with Gasteiger partial charge in [-0.2, -0.15) is 28.2 Å². The number of aryl methyl sites for hydroxylation is 2. The van der Waals surface area contributed by atoms with Gasteiger partial charge in [0.2, 0.25) is 17.9 Å². The Morgan fingerprint density at radius 2 is 1.84 bits per heavy atom. The number of hydrogen-bond acceptors (Lipinski definition) is 9. The van der Waals surface area contributed by atoms with Crippen LogP contribution in [0.25, 0.3) is 16.8 Å². The molecule has 0 saturated carbocycles. The molecule has 2 fully saturated rings. The van der Waals surface area contributed by atoms with Crippen LogP contribution in [-0.2, 0) is 16.0 Å². The first kappa shape index (κ1) is 33.7. The molecule has 2 aliphatic heterocycles. The highest BCUT2D eigenvalue weighted by atomic mass is 19.4. The van der Waals surface area contributed by atoms with Crippen LogP contribution in [0.5, 0.6) is 5.88 Å². The van der Waals surface area contributed by atoms with Crippen molar-refractivity contribution in [3.05, 3.63) is 77.6 Å². The van der Waals surface area contributed by atoms with Crippen molar-refractivity contribution < 1.29 is 37.7 Å². The van der Waals surface area contributed by atoms with Crippen LogP contribution in [0.1, 0.15) is 48.6 Å². The molecule has 0 radical (unpaired) electrons. The predicted molar refractivity (Wildman–Crippen MR) is 173 cm³/mol. The van der Waals surface area contributed by atoms with E-state index in [0.717, 1.165) is 5.56 Å². The zero-order valence-electron chi connectivity index (χ0n) is 26.7. The van der Waals surface area contributed by atoms with Crippen molar-refractivity contribution in [2.24, 2.45) is 5.41 Å². The van der Waals surface area contributed by atoms with Gasteiger partial charge < -0.3 is 30.9 Å². The topological polar surface area (TPSA) is 169 Å². The Kier molecular flexibility index (Phi) is 9.20. The first-order valence-corrected chi connectivity index (χ1v) is 15.9. The van der Waals surface area contributed by atoms with E-state index in [-0.39, 0.29) is 41.3 Å². The van der Waals surface area contributed by atoms with E-state index in [9.17, 15) is 14.7 Å². The van der Waals surface area contributed by atoms with Crippen molar-refractivity contribution in [2.45, 2.75) is 57.3 Å². The van der Waals surface area contributed by atoms with Crippen molar-refractivity contribution in [1.82, 2.24) is 25.1 Å². The minimum atomic E-state index is -4.90. The van der Waals surface area contributed by atoms with E-state index in [4.69, 9.17) is 15.6 Å². The van der Waals surface area contributed by atoms with Crippen molar-refractivity contribution >= 4 is 23.7 Å². The predicted octanol–water partition coefficient (Wildman–Crippen LogP) is 4.95. The fourth-order valence-electron chi connectivity index (χ4n) is 6.62. The number of carbonyl (C=O) groups is 2. The van der Waals surface area contributed by atoms with Crippen LogP contribution in [-0.4, -0.2) is 73.8 Å². The van der Waals surface area contributed by atoms with Gasteiger partial charge in [0.25, 0.3) is 0 Å². The highest BCUT2D eigenvalue weighted by Crippen LogP contribution is 2.43. The number of rotatable bonds is 10. The summed E-state index contributed by atoms with van der Waals surface area (Å²) in [7, 11) is 0. The fraction of sp³-hybridized carbons (Fsp3) is 0.382.